The van der Waals surface area contributed by atoms with Gasteiger partial charge in [-0.15, -0.1) is 0 Å². The molecule has 0 heterocycles. The highest BCUT2D eigenvalue weighted by atomic mass is 16.5. The summed E-state index contributed by atoms with van der Waals surface area (Å²) in [6.45, 7) is 4.87. The van der Waals surface area contributed by atoms with Crippen molar-refractivity contribution in [2.24, 2.45) is 0 Å². The van der Waals surface area contributed by atoms with Crippen molar-refractivity contribution in [2.45, 2.75) is 6.54 Å². The Labute approximate surface area is 119 Å². The molecule has 0 atom stereocenters. The van der Waals surface area contributed by atoms with Crippen molar-refractivity contribution in [1.82, 2.24) is 0 Å². The molecule has 0 saturated carbocycles. The highest BCUT2D eigenvalue weighted by Gasteiger charge is 2.02. The van der Waals surface area contributed by atoms with Gasteiger partial charge in [0.25, 0.3) is 0 Å². The molecular formula is C17H19NO2. The largest absolute Gasteiger partial charge is 0.497 e. The highest BCUT2D eigenvalue weighted by Crippen LogP contribution is 2.21. The summed E-state index contributed by atoms with van der Waals surface area (Å²) in [6, 6.07) is 15.8. The first kappa shape index (κ1) is 14.0. The lowest BCUT2D eigenvalue weighted by atomic mass is 10.2. The number of rotatable bonds is 7. The quantitative estimate of drug-likeness (QED) is 0.774. The summed E-state index contributed by atoms with van der Waals surface area (Å²) < 4.78 is 10.8. The van der Waals surface area contributed by atoms with E-state index in [0.29, 0.717) is 13.2 Å². The standard InChI is InChI=1S/C17H19NO2/c1-3-11-20-17-10-5-4-7-14(17)13-18-15-8-6-9-16(12-15)19-2/h3-10,12,18H,1,11,13H2,2H3. The molecule has 0 aliphatic heterocycles. The topological polar surface area (TPSA) is 30.5 Å². The fourth-order valence-corrected chi connectivity index (χ4v) is 1.87. The summed E-state index contributed by atoms with van der Waals surface area (Å²) in [5.74, 6) is 1.72. The van der Waals surface area contributed by atoms with E-state index in [4.69, 9.17) is 9.47 Å². The molecule has 3 nitrogen and oxygen atoms in total. The first-order valence-corrected chi connectivity index (χ1v) is 6.53. The highest BCUT2D eigenvalue weighted by molar-refractivity contribution is 5.49. The van der Waals surface area contributed by atoms with Crippen LogP contribution in [0.5, 0.6) is 11.5 Å². The van der Waals surface area contributed by atoms with Crippen LogP contribution in [0.25, 0.3) is 0 Å². The van der Waals surface area contributed by atoms with Crippen LogP contribution in [0.2, 0.25) is 0 Å². The van der Waals surface area contributed by atoms with Crippen LogP contribution in [-0.2, 0) is 6.54 Å². The molecule has 0 saturated heterocycles. The molecule has 0 aliphatic rings. The van der Waals surface area contributed by atoms with Gasteiger partial charge in [-0.3, -0.25) is 0 Å². The van der Waals surface area contributed by atoms with Gasteiger partial charge in [-0.05, 0) is 18.2 Å². The summed E-state index contributed by atoms with van der Waals surface area (Å²) in [5.41, 5.74) is 2.13. The second-order valence-corrected chi connectivity index (χ2v) is 4.29. The fraction of sp³-hybridized carbons (Fsp3) is 0.176. The first-order valence-electron chi connectivity index (χ1n) is 6.53. The minimum absolute atomic E-state index is 0.510. The third-order valence-corrected chi connectivity index (χ3v) is 2.88. The van der Waals surface area contributed by atoms with E-state index in [9.17, 15) is 0 Å². The number of methoxy groups -OCH3 is 1. The first-order chi connectivity index (χ1) is 9.83. The fourth-order valence-electron chi connectivity index (χ4n) is 1.87. The molecule has 0 aliphatic carbocycles. The molecule has 0 spiro atoms. The second kappa shape index (κ2) is 7.24. The number of nitrogens with one attached hydrogen (secondary N) is 1. The van der Waals surface area contributed by atoms with Gasteiger partial charge in [-0.25, -0.2) is 0 Å². The molecule has 0 radical (unpaired) electrons. The van der Waals surface area contributed by atoms with Gasteiger partial charge in [-0.2, -0.15) is 0 Å². The van der Waals surface area contributed by atoms with E-state index in [0.717, 1.165) is 22.7 Å². The molecule has 0 amide bonds. The number of ether oxygens (including phenoxy) is 2. The molecule has 0 fully saturated rings. The molecule has 3 heteroatoms. The van der Waals surface area contributed by atoms with Crippen LogP contribution in [0.1, 0.15) is 5.56 Å². The van der Waals surface area contributed by atoms with Crippen molar-refractivity contribution in [1.29, 1.82) is 0 Å². The van der Waals surface area contributed by atoms with Crippen LogP contribution in [0.15, 0.2) is 61.2 Å². The lowest BCUT2D eigenvalue weighted by Gasteiger charge is -2.12. The van der Waals surface area contributed by atoms with E-state index in [-0.39, 0.29) is 0 Å². The van der Waals surface area contributed by atoms with Gasteiger partial charge in [0.05, 0.1) is 7.11 Å². The number of para-hydroxylation sites is 1. The SMILES string of the molecule is C=CCOc1ccccc1CNc1cccc(OC)c1. The van der Waals surface area contributed by atoms with Crippen LogP contribution in [0, 0.1) is 0 Å². The van der Waals surface area contributed by atoms with Crippen LogP contribution in [-0.4, -0.2) is 13.7 Å². The normalized spacial score (nSPS) is 9.85. The summed E-state index contributed by atoms with van der Waals surface area (Å²) in [6.07, 6.45) is 1.74. The maximum absolute atomic E-state index is 5.64. The Morgan fingerprint density at radius 2 is 2.00 bits per heavy atom. The van der Waals surface area contributed by atoms with Crippen LogP contribution in [0.3, 0.4) is 0 Å². The Bertz CT molecular complexity index is 566. The minimum atomic E-state index is 0.510. The van der Waals surface area contributed by atoms with E-state index >= 15 is 0 Å². The van der Waals surface area contributed by atoms with Gasteiger partial charge in [0.1, 0.15) is 18.1 Å². The van der Waals surface area contributed by atoms with E-state index in [1.807, 2.05) is 48.5 Å². The zero-order chi connectivity index (χ0) is 14.2. The smallest absolute Gasteiger partial charge is 0.124 e. The van der Waals surface area contributed by atoms with Gasteiger partial charge >= 0.3 is 0 Å². The summed E-state index contributed by atoms with van der Waals surface area (Å²) in [4.78, 5) is 0. The molecule has 1 N–H and O–H groups in total. The van der Waals surface area contributed by atoms with Crippen molar-refractivity contribution in [3.63, 3.8) is 0 Å². The molecule has 0 bridgehead atoms. The Balaban J connectivity index is 2.04. The zero-order valence-electron chi connectivity index (χ0n) is 11.6. The molecular weight excluding hydrogens is 250 g/mol. The average molecular weight is 269 g/mol. The Morgan fingerprint density at radius 3 is 2.80 bits per heavy atom. The summed E-state index contributed by atoms with van der Waals surface area (Å²) in [7, 11) is 1.66. The van der Waals surface area contributed by atoms with E-state index in [2.05, 4.69) is 11.9 Å². The lowest BCUT2D eigenvalue weighted by Crippen LogP contribution is -2.03. The number of benzene rings is 2. The second-order valence-electron chi connectivity index (χ2n) is 4.29. The van der Waals surface area contributed by atoms with E-state index in [1.54, 1.807) is 13.2 Å². The van der Waals surface area contributed by atoms with Crippen LogP contribution < -0.4 is 14.8 Å². The van der Waals surface area contributed by atoms with Crippen LogP contribution >= 0.6 is 0 Å². The Hall–Kier alpha value is -2.42. The number of anilines is 1. The molecule has 2 aromatic rings. The Morgan fingerprint density at radius 1 is 1.15 bits per heavy atom. The van der Waals surface area contributed by atoms with Crippen molar-refractivity contribution >= 4 is 5.69 Å². The molecule has 0 aromatic heterocycles. The molecule has 2 aromatic carbocycles. The van der Waals surface area contributed by atoms with E-state index < -0.39 is 0 Å². The molecule has 20 heavy (non-hydrogen) atoms. The van der Waals surface area contributed by atoms with Gasteiger partial charge in [-0.1, -0.05) is 36.9 Å². The summed E-state index contributed by atoms with van der Waals surface area (Å²) in [5, 5.41) is 3.37. The maximum Gasteiger partial charge on any atom is 0.124 e. The molecule has 104 valence electrons. The molecule has 0 unspecified atom stereocenters. The van der Waals surface area contributed by atoms with Crippen LogP contribution in [0.4, 0.5) is 5.69 Å². The third-order valence-electron chi connectivity index (χ3n) is 2.88. The Kier molecular flexibility index (Phi) is 5.07. The van der Waals surface area contributed by atoms with Gasteiger partial charge < -0.3 is 14.8 Å². The maximum atomic E-state index is 5.64. The molecule has 2 rings (SSSR count). The zero-order valence-corrected chi connectivity index (χ0v) is 11.6. The lowest BCUT2D eigenvalue weighted by molar-refractivity contribution is 0.359. The van der Waals surface area contributed by atoms with Crippen molar-refractivity contribution < 1.29 is 9.47 Å². The van der Waals surface area contributed by atoms with Gasteiger partial charge in [0.15, 0.2) is 0 Å². The van der Waals surface area contributed by atoms with Gasteiger partial charge in [0, 0.05) is 23.9 Å². The van der Waals surface area contributed by atoms with Crippen molar-refractivity contribution in [3.05, 3.63) is 66.7 Å². The van der Waals surface area contributed by atoms with E-state index in [1.165, 1.54) is 0 Å². The summed E-state index contributed by atoms with van der Waals surface area (Å²) >= 11 is 0. The van der Waals surface area contributed by atoms with Gasteiger partial charge in [0.2, 0.25) is 0 Å². The predicted molar refractivity (Wildman–Crippen MR) is 82.5 cm³/mol. The predicted octanol–water partition coefficient (Wildman–Crippen LogP) is 3.87. The number of hydrogen-bond acceptors (Lipinski definition) is 3. The third kappa shape index (κ3) is 3.79. The van der Waals surface area contributed by atoms with Crippen molar-refractivity contribution in [2.75, 3.05) is 19.0 Å². The van der Waals surface area contributed by atoms with Crippen molar-refractivity contribution in [3.8, 4) is 11.5 Å². The average Bonchev–Trinajstić information content (AvgIpc) is 2.52. The monoisotopic (exact) mass is 269 g/mol. The minimum Gasteiger partial charge on any atom is -0.497 e. The number of hydrogen-bond donors (Lipinski definition) is 1.